The van der Waals surface area contributed by atoms with E-state index in [0.717, 1.165) is 23.8 Å². The predicted molar refractivity (Wildman–Crippen MR) is 85.4 cm³/mol. The third kappa shape index (κ3) is 2.83. The Morgan fingerprint density at radius 2 is 2.05 bits per heavy atom. The van der Waals surface area contributed by atoms with Crippen LogP contribution in [0.4, 0.5) is 5.95 Å². The van der Waals surface area contributed by atoms with E-state index < -0.39 is 0 Å². The number of amides is 1. The molecule has 1 amide bonds. The number of piperazine rings is 1. The standard InChI is InChI=1S/C14H20N6OS/c1-9(2)12-11(15-8-22-12)13(21)19-4-6-20(7-5-19)14-16-10(3)17-18-14/h8-9H,4-7H2,1-3H3,(H,16,17,18). The fraction of sp³-hybridized carbons (Fsp3) is 0.571. The van der Waals surface area contributed by atoms with Gasteiger partial charge >= 0.3 is 0 Å². The first-order chi connectivity index (χ1) is 10.6. The fourth-order valence-electron chi connectivity index (χ4n) is 2.56. The van der Waals surface area contributed by atoms with Crippen LogP contribution in [0.15, 0.2) is 5.51 Å². The normalized spacial score (nSPS) is 15.6. The van der Waals surface area contributed by atoms with Crippen LogP contribution < -0.4 is 4.90 Å². The van der Waals surface area contributed by atoms with Crippen molar-refractivity contribution in [2.45, 2.75) is 26.7 Å². The van der Waals surface area contributed by atoms with Gasteiger partial charge in [-0.05, 0) is 12.8 Å². The van der Waals surface area contributed by atoms with Gasteiger partial charge in [0, 0.05) is 31.1 Å². The number of thiazole rings is 1. The van der Waals surface area contributed by atoms with Crippen LogP contribution in [-0.4, -0.2) is 57.2 Å². The summed E-state index contributed by atoms with van der Waals surface area (Å²) < 4.78 is 0. The van der Waals surface area contributed by atoms with Gasteiger partial charge in [0.1, 0.15) is 11.5 Å². The van der Waals surface area contributed by atoms with Crippen molar-refractivity contribution in [2.24, 2.45) is 0 Å². The molecule has 1 N–H and O–H groups in total. The highest BCUT2D eigenvalue weighted by atomic mass is 32.1. The number of aryl methyl sites for hydroxylation is 1. The summed E-state index contributed by atoms with van der Waals surface area (Å²) in [7, 11) is 0. The maximum Gasteiger partial charge on any atom is 0.273 e. The second-order valence-corrected chi connectivity index (χ2v) is 6.61. The molecule has 3 heterocycles. The number of aromatic amines is 1. The molecule has 0 aromatic carbocycles. The lowest BCUT2D eigenvalue weighted by Gasteiger charge is -2.34. The quantitative estimate of drug-likeness (QED) is 0.930. The molecule has 118 valence electrons. The van der Waals surface area contributed by atoms with Gasteiger partial charge in [0.05, 0.1) is 5.51 Å². The molecule has 1 aliphatic rings. The molecule has 3 rings (SSSR count). The lowest BCUT2D eigenvalue weighted by molar-refractivity contribution is 0.0739. The first kappa shape index (κ1) is 15.0. The SMILES string of the molecule is Cc1nc(N2CCN(C(=O)c3ncsc3C(C)C)CC2)n[nH]1. The van der Waals surface area contributed by atoms with E-state index in [1.54, 1.807) is 16.8 Å². The molecule has 8 heteroatoms. The van der Waals surface area contributed by atoms with Crippen LogP contribution in [-0.2, 0) is 0 Å². The molecule has 0 radical (unpaired) electrons. The highest BCUT2D eigenvalue weighted by Crippen LogP contribution is 2.24. The average Bonchev–Trinajstić information content (AvgIpc) is 3.15. The number of rotatable bonds is 3. The molecular weight excluding hydrogens is 300 g/mol. The largest absolute Gasteiger partial charge is 0.336 e. The van der Waals surface area contributed by atoms with Crippen LogP contribution in [0, 0.1) is 6.92 Å². The van der Waals surface area contributed by atoms with E-state index in [1.165, 1.54) is 0 Å². The number of anilines is 1. The van der Waals surface area contributed by atoms with Gasteiger partial charge in [-0.15, -0.1) is 16.4 Å². The molecule has 22 heavy (non-hydrogen) atoms. The summed E-state index contributed by atoms with van der Waals surface area (Å²) in [5.74, 6) is 1.87. The van der Waals surface area contributed by atoms with Crippen molar-refractivity contribution >= 4 is 23.2 Å². The summed E-state index contributed by atoms with van der Waals surface area (Å²) in [6.45, 7) is 8.88. The first-order valence-electron chi connectivity index (χ1n) is 7.43. The Morgan fingerprint density at radius 1 is 1.32 bits per heavy atom. The van der Waals surface area contributed by atoms with E-state index >= 15 is 0 Å². The number of H-pyrrole nitrogens is 1. The molecule has 0 bridgehead atoms. The van der Waals surface area contributed by atoms with Crippen molar-refractivity contribution in [1.29, 1.82) is 0 Å². The molecule has 0 unspecified atom stereocenters. The van der Waals surface area contributed by atoms with Crippen LogP contribution in [0.25, 0.3) is 0 Å². The smallest absolute Gasteiger partial charge is 0.273 e. The monoisotopic (exact) mass is 320 g/mol. The van der Waals surface area contributed by atoms with Crippen LogP contribution in [0.2, 0.25) is 0 Å². The van der Waals surface area contributed by atoms with Crippen LogP contribution in [0.3, 0.4) is 0 Å². The minimum Gasteiger partial charge on any atom is -0.336 e. The molecule has 1 aliphatic heterocycles. The van der Waals surface area contributed by atoms with Crippen molar-refractivity contribution < 1.29 is 4.79 Å². The van der Waals surface area contributed by atoms with E-state index in [-0.39, 0.29) is 5.91 Å². The van der Waals surface area contributed by atoms with Gasteiger partial charge in [0.15, 0.2) is 0 Å². The average molecular weight is 320 g/mol. The van der Waals surface area contributed by atoms with Gasteiger partial charge < -0.3 is 9.80 Å². The summed E-state index contributed by atoms with van der Waals surface area (Å²) in [6.07, 6.45) is 0. The van der Waals surface area contributed by atoms with Gasteiger partial charge in [-0.25, -0.2) is 4.98 Å². The Hall–Kier alpha value is -1.96. The molecule has 0 spiro atoms. The topological polar surface area (TPSA) is 78.0 Å². The second-order valence-electron chi connectivity index (χ2n) is 5.72. The number of carbonyl (C=O) groups is 1. The molecule has 2 aromatic rings. The number of hydrogen-bond donors (Lipinski definition) is 1. The second kappa shape index (κ2) is 6.04. The Balaban J connectivity index is 1.66. The van der Waals surface area contributed by atoms with Crippen molar-refractivity contribution in [3.8, 4) is 0 Å². The molecular formula is C14H20N6OS. The Kier molecular flexibility index (Phi) is 4.10. The van der Waals surface area contributed by atoms with Crippen LogP contribution >= 0.6 is 11.3 Å². The molecule has 7 nitrogen and oxygen atoms in total. The molecule has 0 aliphatic carbocycles. The van der Waals surface area contributed by atoms with Gasteiger partial charge in [-0.3, -0.25) is 9.89 Å². The Bertz CT molecular complexity index is 656. The van der Waals surface area contributed by atoms with Crippen LogP contribution in [0.1, 0.15) is 41.0 Å². The number of nitrogens with zero attached hydrogens (tertiary/aromatic N) is 5. The van der Waals surface area contributed by atoms with Crippen molar-refractivity contribution in [3.63, 3.8) is 0 Å². The van der Waals surface area contributed by atoms with Crippen LogP contribution in [0.5, 0.6) is 0 Å². The highest BCUT2D eigenvalue weighted by molar-refractivity contribution is 7.10. The number of carbonyl (C=O) groups excluding carboxylic acids is 1. The summed E-state index contributed by atoms with van der Waals surface area (Å²) in [6, 6.07) is 0. The zero-order valence-corrected chi connectivity index (χ0v) is 13.9. The van der Waals surface area contributed by atoms with Crippen molar-refractivity contribution in [3.05, 3.63) is 21.9 Å². The summed E-state index contributed by atoms with van der Waals surface area (Å²) in [4.78, 5) is 26.3. The summed E-state index contributed by atoms with van der Waals surface area (Å²) >= 11 is 1.56. The Morgan fingerprint density at radius 3 is 2.64 bits per heavy atom. The molecule has 2 aromatic heterocycles. The van der Waals surface area contributed by atoms with Gasteiger partial charge in [0.25, 0.3) is 5.91 Å². The van der Waals surface area contributed by atoms with E-state index in [0.29, 0.717) is 30.6 Å². The molecule has 1 fully saturated rings. The molecule has 0 atom stereocenters. The third-order valence-corrected chi connectivity index (χ3v) is 4.89. The highest BCUT2D eigenvalue weighted by Gasteiger charge is 2.27. The minimum absolute atomic E-state index is 0.0377. The van der Waals surface area contributed by atoms with Crippen molar-refractivity contribution in [2.75, 3.05) is 31.1 Å². The van der Waals surface area contributed by atoms with E-state index in [1.807, 2.05) is 11.8 Å². The maximum absolute atomic E-state index is 12.6. The lowest BCUT2D eigenvalue weighted by atomic mass is 10.1. The number of aromatic nitrogens is 4. The molecule has 0 saturated carbocycles. The third-order valence-electron chi connectivity index (χ3n) is 3.76. The van der Waals surface area contributed by atoms with E-state index in [9.17, 15) is 4.79 Å². The first-order valence-corrected chi connectivity index (χ1v) is 8.31. The maximum atomic E-state index is 12.6. The molecule has 1 saturated heterocycles. The number of hydrogen-bond acceptors (Lipinski definition) is 6. The van der Waals surface area contributed by atoms with Gasteiger partial charge in [-0.1, -0.05) is 13.8 Å². The Labute approximate surface area is 133 Å². The zero-order valence-electron chi connectivity index (χ0n) is 13.0. The predicted octanol–water partition coefficient (Wildman–Crippen LogP) is 1.66. The summed E-state index contributed by atoms with van der Waals surface area (Å²) in [5.41, 5.74) is 2.37. The van der Waals surface area contributed by atoms with E-state index in [2.05, 4.69) is 38.9 Å². The summed E-state index contributed by atoms with van der Waals surface area (Å²) in [5, 5.41) is 7.02. The fourth-order valence-corrected chi connectivity index (χ4v) is 3.35. The van der Waals surface area contributed by atoms with Gasteiger partial charge in [0.2, 0.25) is 5.95 Å². The lowest BCUT2D eigenvalue weighted by Crippen LogP contribution is -2.49. The minimum atomic E-state index is 0.0377. The van der Waals surface area contributed by atoms with E-state index in [4.69, 9.17) is 0 Å². The van der Waals surface area contributed by atoms with Crippen molar-refractivity contribution in [1.82, 2.24) is 25.1 Å². The zero-order chi connectivity index (χ0) is 15.7. The number of nitrogens with one attached hydrogen (secondary N) is 1. The van der Waals surface area contributed by atoms with Gasteiger partial charge in [-0.2, -0.15) is 4.98 Å².